The van der Waals surface area contributed by atoms with Crippen molar-refractivity contribution in [1.29, 1.82) is 0 Å². The monoisotopic (exact) mass is 259 g/mol. The van der Waals surface area contributed by atoms with Crippen molar-refractivity contribution in [2.24, 2.45) is 5.92 Å². The summed E-state index contributed by atoms with van der Waals surface area (Å²) in [7, 11) is -1.97. The fourth-order valence-electron chi connectivity index (χ4n) is 1.84. The van der Waals surface area contributed by atoms with Crippen LogP contribution in [0.5, 0.6) is 0 Å². The maximum Gasteiger partial charge on any atom is 0.246 e. The lowest BCUT2D eigenvalue weighted by molar-refractivity contribution is 0.273. The Balaban J connectivity index is 2.32. The minimum Gasteiger partial charge on any atom is -0.390 e. The second-order valence-corrected chi connectivity index (χ2v) is 6.49. The van der Waals surface area contributed by atoms with Crippen LogP contribution in [0.4, 0.5) is 0 Å². The van der Waals surface area contributed by atoms with Gasteiger partial charge in [-0.05, 0) is 25.7 Å². The number of nitrogens with zero attached hydrogens (tertiary/aromatic N) is 2. The molecule has 1 heterocycles. The third kappa shape index (κ3) is 2.36. The van der Waals surface area contributed by atoms with Crippen molar-refractivity contribution in [3.8, 4) is 0 Å². The molecule has 1 saturated carbocycles. The zero-order valence-electron chi connectivity index (χ0n) is 9.97. The van der Waals surface area contributed by atoms with Crippen LogP contribution < -0.4 is 0 Å². The van der Waals surface area contributed by atoms with E-state index in [1.807, 2.05) is 0 Å². The average Bonchev–Trinajstić information content (AvgIpc) is 2.99. The smallest absolute Gasteiger partial charge is 0.246 e. The first kappa shape index (κ1) is 12.5. The van der Waals surface area contributed by atoms with Crippen LogP contribution in [0.2, 0.25) is 0 Å². The van der Waals surface area contributed by atoms with Gasteiger partial charge in [-0.25, -0.2) is 12.7 Å². The van der Waals surface area contributed by atoms with Crippen molar-refractivity contribution in [3.05, 3.63) is 11.4 Å². The molecule has 0 bridgehead atoms. The third-order valence-electron chi connectivity index (χ3n) is 2.99. The van der Waals surface area contributed by atoms with Crippen LogP contribution in [-0.4, -0.2) is 41.6 Å². The first-order valence-corrected chi connectivity index (χ1v) is 7.02. The van der Waals surface area contributed by atoms with E-state index in [0.717, 1.165) is 12.8 Å². The van der Waals surface area contributed by atoms with Crippen molar-refractivity contribution in [3.63, 3.8) is 0 Å². The number of aromatic amines is 1. The highest BCUT2D eigenvalue weighted by Crippen LogP contribution is 2.31. The minimum atomic E-state index is -3.54. The van der Waals surface area contributed by atoms with Gasteiger partial charge in [0.1, 0.15) is 10.6 Å². The van der Waals surface area contributed by atoms with E-state index in [9.17, 15) is 8.42 Å². The molecule has 1 aromatic rings. The summed E-state index contributed by atoms with van der Waals surface area (Å²) in [5.41, 5.74) is 0.654. The summed E-state index contributed by atoms with van der Waals surface area (Å²) in [5.74, 6) is 0.486. The summed E-state index contributed by atoms with van der Waals surface area (Å²) in [6.07, 6.45) is 2.19. The van der Waals surface area contributed by atoms with Crippen LogP contribution >= 0.6 is 0 Å². The Morgan fingerprint density at radius 2 is 2.18 bits per heavy atom. The van der Waals surface area contributed by atoms with Crippen LogP contribution in [0, 0.1) is 12.8 Å². The van der Waals surface area contributed by atoms with Gasteiger partial charge in [-0.3, -0.25) is 5.10 Å². The summed E-state index contributed by atoms with van der Waals surface area (Å²) >= 11 is 0. The minimum absolute atomic E-state index is 0.114. The summed E-state index contributed by atoms with van der Waals surface area (Å²) in [6, 6.07) is 0. The van der Waals surface area contributed by atoms with E-state index in [4.69, 9.17) is 5.11 Å². The molecule has 6 nitrogen and oxygen atoms in total. The SMILES string of the molecule is Cc1[nH]nc(CO)c1S(=O)(=O)N(C)CC1CC1. The maximum absolute atomic E-state index is 12.3. The Morgan fingerprint density at radius 1 is 1.53 bits per heavy atom. The largest absolute Gasteiger partial charge is 0.390 e. The first-order valence-electron chi connectivity index (χ1n) is 5.58. The molecule has 1 aromatic heterocycles. The molecule has 96 valence electrons. The van der Waals surface area contributed by atoms with Crippen LogP contribution in [-0.2, 0) is 16.6 Å². The molecule has 2 rings (SSSR count). The Labute approximate surface area is 101 Å². The van der Waals surface area contributed by atoms with Gasteiger partial charge in [-0.2, -0.15) is 5.10 Å². The molecule has 0 atom stereocenters. The fourth-order valence-corrected chi connectivity index (χ4v) is 3.40. The zero-order chi connectivity index (χ0) is 12.6. The summed E-state index contributed by atoms with van der Waals surface area (Å²) < 4.78 is 26.0. The normalized spacial score (nSPS) is 16.7. The number of hydrogen-bond donors (Lipinski definition) is 2. The quantitative estimate of drug-likeness (QED) is 0.793. The van der Waals surface area contributed by atoms with Crippen molar-refractivity contribution in [2.75, 3.05) is 13.6 Å². The second kappa shape index (κ2) is 4.40. The van der Waals surface area contributed by atoms with E-state index >= 15 is 0 Å². The highest BCUT2D eigenvalue weighted by Gasteiger charge is 2.32. The summed E-state index contributed by atoms with van der Waals surface area (Å²) in [4.78, 5) is 0.114. The number of aliphatic hydroxyl groups is 1. The van der Waals surface area contributed by atoms with E-state index < -0.39 is 10.0 Å². The molecule has 0 unspecified atom stereocenters. The van der Waals surface area contributed by atoms with Gasteiger partial charge in [0.15, 0.2) is 0 Å². The van der Waals surface area contributed by atoms with Gasteiger partial charge in [0.25, 0.3) is 0 Å². The van der Waals surface area contributed by atoms with Gasteiger partial charge >= 0.3 is 0 Å². The molecule has 0 radical (unpaired) electrons. The van der Waals surface area contributed by atoms with E-state index in [1.165, 1.54) is 4.31 Å². The molecule has 1 aliphatic carbocycles. The molecular formula is C10H17N3O3S. The molecule has 2 N–H and O–H groups in total. The van der Waals surface area contributed by atoms with E-state index in [0.29, 0.717) is 18.2 Å². The molecule has 0 saturated heterocycles. The third-order valence-corrected chi connectivity index (χ3v) is 5.02. The number of aryl methyl sites for hydroxylation is 1. The molecule has 0 aliphatic heterocycles. The van der Waals surface area contributed by atoms with Crippen LogP contribution in [0.15, 0.2) is 4.90 Å². The predicted octanol–water partition coefficient (Wildman–Crippen LogP) is 0.241. The first-order chi connectivity index (χ1) is 7.96. The molecule has 1 fully saturated rings. The van der Waals surface area contributed by atoms with Gasteiger partial charge in [-0.1, -0.05) is 0 Å². The number of aromatic nitrogens is 2. The van der Waals surface area contributed by atoms with Crippen molar-refractivity contribution in [1.82, 2.24) is 14.5 Å². The number of H-pyrrole nitrogens is 1. The van der Waals surface area contributed by atoms with E-state index in [-0.39, 0.29) is 17.2 Å². The number of aliphatic hydroxyl groups excluding tert-OH is 1. The van der Waals surface area contributed by atoms with Gasteiger partial charge in [0.05, 0.1) is 12.3 Å². The standard InChI is InChI=1S/C10H17N3O3S/c1-7-10(9(6-14)12-11-7)17(15,16)13(2)5-8-3-4-8/h8,14H,3-6H2,1-2H3,(H,11,12). The fraction of sp³-hybridized carbons (Fsp3) is 0.700. The molecule has 0 aromatic carbocycles. The summed E-state index contributed by atoms with van der Waals surface area (Å²) in [5, 5.41) is 15.5. The molecule has 0 spiro atoms. The highest BCUT2D eigenvalue weighted by atomic mass is 32.2. The van der Waals surface area contributed by atoms with Gasteiger partial charge in [0.2, 0.25) is 10.0 Å². The number of nitrogens with one attached hydrogen (secondary N) is 1. The lowest BCUT2D eigenvalue weighted by Gasteiger charge is -2.17. The number of rotatable bonds is 5. The molecular weight excluding hydrogens is 242 g/mol. The van der Waals surface area contributed by atoms with Gasteiger partial charge < -0.3 is 5.11 Å². The van der Waals surface area contributed by atoms with Crippen LogP contribution in [0.3, 0.4) is 0 Å². The molecule has 7 heteroatoms. The van der Waals surface area contributed by atoms with E-state index in [2.05, 4.69) is 10.2 Å². The lowest BCUT2D eigenvalue weighted by atomic mass is 10.4. The zero-order valence-corrected chi connectivity index (χ0v) is 10.8. The molecule has 1 aliphatic rings. The Kier molecular flexibility index (Phi) is 3.24. The Morgan fingerprint density at radius 3 is 2.71 bits per heavy atom. The maximum atomic E-state index is 12.3. The van der Waals surface area contributed by atoms with E-state index in [1.54, 1.807) is 14.0 Å². The highest BCUT2D eigenvalue weighted by molar-refractivity contribution is 7.89. The summed E-state index contributed by atoms with van der Waals surface area (Å²) in [6.45, 7) is 1.80. The molecule has 17 heavy (non-hydrogen) atoms. The van der Waals surface area contributed by atoms with Gasteiger partial charge in [0, 0.05) is 13.6 Å². The topological polar surface area (TPSA) is 86.3 Å². The lowest BCUT2D eigenvalue weighted by Crippen LogP contribution is -2.29. The van der Waals surface area contributed by atoms with Crippen molar-refractivity contribution < 1.29 is 13.5 Å². The number of hydrogen-bond acceptors (Lipinski definition) is 4. The second-order valence-electron chi connectivity index (χ2n) is 4.51. The average molecular weight is 259 g/mol. The van der Waals surface area contributed by atoms with Crippen molar-refractivity contribution >= 4 is 10.0 Å². The van der Waals surface area contributed by atoms with Crippen molar-refractivity contribution in [2.45, 2.75) is 31.3 Å². The number of sulfonamides is 1. The Bertz CT molecular complexity index is 505. The van der Waals surface area contributed by atoms with Crippen LogP contribution in [0.25, 0.3) is 0 Å². The molecule has 0 amide bonds. The van der Waals surface area contributed by atoms with Crippen LogP contribution in [0.1, 0.15) is 24.2 Å². The predicted molar refractivity (Wildman–Crippen MR) is 61.8 cm³/mol. The van der Waals surface area contributed by atoms with Gasteiger partial charge in [-0.15, -0.1) is 0 Å². The Hall–Kier alpha value is -0.920.